The van der Waals surface area contributed by atoms with E-state index >= 15 is 0 Å². The zero-order valence-electron chi connectivity index (χ0n) is 12.9. The molecule has 1 aromatic heterocycles. The Morgan fingerprint density at radius 2 is 2.04 bits per heavy atom. The Balaban J connectivity index is 1.65. The number of hydrogen-bond acceptors (Lipinski definition) is 5. The molecule has 3 rings (SSSR count). The number of hydrogen-bond donors (Lipinski definition) is 1. The van der Waals surface area contributed by atoms with E-state index in [9.17, 15) is 19.7 Å². The monoisotopic (exact) mass is 320 g/mol. The minimum atomic E-state index is -0.571. The molecule has 1 N–H and O–H groups in total. The van der Waals surface area contributed by atoms with Crippen LogP contribution < -0.4 is 10.9 Å². The number of carbonyl (C=O) groups excluding carboxylic acids is 1. The van der Waals surface area contributed by atoms with E-state index < -0.39 is 10.5 Å². The molecule has 2 fully saturated rings. The molecular weight excluding hydrogens is 300 g/mol. The Morgan fingerprint density at radius 3 is 2.65 bits per heavy atom. The summed E-state index contributed by atoms with van der Waals surface area (Å²) in [5.41, 5.74) is -0.275. The van der Waals surface area contributed by atoms with Crippen molar-refractivity contribution in [3.63, 3.8) is 0 Å². The summed E-state index contributed by atoms with van der Waals surface area (Å²) < 4.78 is 1.11. The molecule has 2 aliphatic rings. The Labute approximate surface area is 133 Å². The molecule has 1 amide bonds. The van der Waals surface area contributed by atoms with Gasteiger partial charge in [-0.3, -0.25) is 24.3 Å². The normalized spacial score (nSPS) is 19.9. The smallest absolute Gasteiger partial charge is 0.285 e. The quantitative estimate of drug-likeness (QED) is 0.640. The third-order valence-electron chi connectivity index (χ3n) is 4.99. The molecule has 0 aromatic carbocycles. The summed E-state index contributed by atoms with van der Waals surface area (Å²) in [4.78, 5) is 36.1. The molecule has 2 saturated heterocycles. The predicted octanol–water partition coefficient (Wildman–Crippen LogP) is 0.359. The summed E-state index contributed by atoms with van der Waals surface area (Å²) in [5, 5.41) is 14.2. The van der Waals surface area contributed by atoms with Crippen LogP contribution in [0.15, 0.2) is 23.1 Å². The third kappa shape index (κ3) is 3.26. The van der Waals surface area contributed by atoms with Crippen molar-refractivity contribution in [2.45, 2.75) is 25.8 Å². The van der Waals surface area contributed by atoms with Crippen molar-refractivity contribution in [3.8, 4) is 0 Å². The molecule has 8 heteroatoms. The average molecular weight is 320 g/mol. The van der Waals surface area contributed by atoms with Crippen LogP contribution in [0.3, 0.4) is 0 Å². The fraction of sp³-hybridized carbons (Fsp3) is 0.600. The van der Waals surface area contributed by atoms with Crippen LogP contribution in [0.5, 0.6) is 0 Å². The standard InChI is InChI=1S/C15H20N4O4/c20-13-2-1-12(19(22)23)9-18(13)10-14(21)17-7-4-15(5-8-17)3-6-16-11-15/h1-2,9,16H,3-8,10-11H2. The summed E-state index contributed by atoms with van der Waals surface area (Å²) in [6, 6.07) is 2.28. The number of nitro groups is 1. The molecule has 23 heavy (non-hydrogen) atoms. The van der Waals surface area contributed by atoms with E-state index in [1.54, 1.807) is 4.90 Å². The number of carbonyl (C=O) groups is 1. The SMILES string of the molecule is O=C(Cn1cc([N+](=O)[O-])ccc1=O)N1CCC2(CCNC2)CC1. The van der Waals surface area contributed by atoms with Gasteiger partial charge in [-0.25, -0.2) is 0 Å². The highest BCUT2D eigenvalue weighted by Crippen LogP contribution is 2.36. The van der Waals surface area contributed by atoms with E-state index in [1.165, 1.54) is 0 Å². The molecule has 0 unspecified atom stereocenters. The fourth-order valence-corrected chi connectivity index (χ4v) is 3.45. The van der Waals surface area contributed by atoms with Crippen molar-refractivity contribution in [2.75, 3.05) is 26.2 Å². The number of nitrogens with one attached hydrogen (secondary N) is 1. The average Bonchev–Trinajstić information content (AvgIpc) is 2.98. The van der Waals surface area contributed by atoms with Crippen LogP contribution in [-0.2, 0) is 11.3 Å². The molecule has 0 radical (unpaired) electrons. The highest BCUT2D eigenvalue weighted by molar-refractivity contribution is 5.76. The fourth-order valence-electron chi connectivity index (χ4n) is 3.45. The van der Waals surface area contributed by atoms with E-state index in [0.29, 0.717) is 18.5 Å². The van der Waals surface area contributed by atoms with Gasteiger partial charge < -0.3 is 10.2 Å². The summed E-state index contributed by atoms with van der Waals surface area (Å²) in [6.07, 6.45) is 4.22. The van der Waals surface area contributed by atoms with Crippen molar-refractivity contribution in [1.82, 2.24) is 14.8 Å². The van der Waals surface area contributed by atoms with Crippen molar-refractivity contribution in [2.24, 2.45) is 5.41 Å². The molecular formula is C15H20N4O4. The number of likely N-dealkylation sites (tertiary alicyclic amines) is 1. The topological polar surface area (TPSA) is 97.5 Å². The number of rotatable bonds is 3. The lowest BCUT2D eigenvalue weighted by atomic mass is 9.78. The maximum atomic E-state index is 12.4. The molecule has 8 nitrogen and oxygen atoms in total. The molecule has 2 aliphatic heterocycles. The molecule has 1 spiro atoms. The molecule has 0 bridgehead atoms. The minimum absolute atomic E-state index is 0.147. The Bertz CT molecular complexity index is 668. The number of piperidine rings is 1. The van der Waals surface area contributed by atoms with Gasteiger partial charge in [0.25, 0.3) is 11.2 Å². The number of pyridine rings is 1. The molecule has 0 atom stereocenters. The molecule has 0 saturated carbocycles. The second-order valence-corrected chi connectivity index (χ2v) is 6.42. The molecule has 3 heterocycles. The van der Waals surface area contributed by atoms with Crippen molar-refractivity contribution < 1.29 is 9.72 Å². The van der Waals surface area contributed by atoms with E-state index in [1.807, 2.05) is 0 Å². The summed E-state index contributed by atoms with van der Waals surface area (Å²) in [7, 11) is 0. The molecule has 1 aromatic rings. The van der Waals surface area contributed by atoms with Gasteiger partial charge >= 0.3 is 0 Å². The van der Waals surface area contributed by atoms with Gasteiger partial charge in [0, 0.05) is 31.8 Å². The van der Waals surface area contributed by atoms with Crippen LogP contribution >= 0.6 is 0 Å². The van der Waals surface area contributed by atoms with Gasteiger partial charge in [0.2, 0.25) is 5.91 Å². The van der Waals surface area contributed by atoms with E-state index in [2.05, 4.69) is 5.32 Å². The molecule has 124 valence electrons. The van der Waals surface area contributed by atoms with Crippen LogP contribution in [-0.4, -0.2) is 46.5 Å². The first-order valence-corrected chi connectivity index (χ1v) is 7.83. The maximum Gasteiger partial charge on any atom is 0.285 e. The van der Waals surface area contributed by atoms with E-state index in [-0.39, 0.29) is 18.1 Å². The van der Waals surface area contributed by atoms with Gasteiger partial charge in [0.1, 0.15) is 6.54 Å². The van der Waals surface area contributed by atoms with E-state index in [0.717, 1.165) is 55.2 Å². The highest BCUT2D eigenvalue weighted by atomic mass is 16.6. The van der Waals surface area contributed by atoms with Gasteiger partial charge in [0.15, 0.2) is 0 Å². The zero-order valence-corrected chi connectivity index (χ0v) is 12.9. The Morgan fingerprint density at radius 1 is 1.30 bits per heavy atom. The number of amides is 1. The number of aromatic nitrogens is 1. The second kappa shape index (κ2) is 6.11. The number of nitrogens with zero attached hydrogens (tertiary/aromatic N) is 3. The lowest BCUT2D eigenvalue weighted by Crippen LogP contribution is -2.45. The van der Waals surface area contributed by atoms with Crippen LogP contribution in [0.25, 0.3) is 0 Å². The van der Waals surface area contributed by atoms with Gasteiger partial charge in [-0.05, 0) is 31.2 Å². The first-order chi connectivity index (χ1) is 11.0. The summed E-state index contributed by atoms with van der Waals surface area (Å²) in [5.74, 6) is -0.159. The van der Waals surface area contributed by atoms with Crippen LogP contribution in [0, 0.1) is 15.5 Å². The van der Waals surface area contributed by atoms with Gasteiger partial charge in [-0.1, -0.05) is 0 Å². The zero-order chi connectivity index (χ0) is 16.4. The van der Waals surface area contributed by atoms with Crippen molar-refractivity contribution in [1.29, 1.82) is 0 Å². The Hall–Kier alpha value is -2.22. The highest BCUT2D eigenvalue weighted by Gasteiger charge is 2.38. The van der Waals surface area contributed by atoms with Gasteiger partial charge in [-0.2, -0.15) is 0 Å². The van der Waals surface area contributed by atoms with Crippen LogP contribution in [0.4, 0.5) is 5.69 Å². The lowest BCUT2D eigenvalue weighted by molar-refractivity contribution is -0.385. The Kier molecular flexibility index (Phi) is 4.16. The predicted molar refractivity (Wildman–Crippen MR) is 83.1 cm³/mol. The van der Waals surface area contributed by atoms with E-state index in [4.69, 9.17) is 0 Å². The third-order valence-corrected chi connectivity index (χ3v) is 4.99. The largest absolute Gasteiger partial charge is 0.341 e. The summed E-state index contributed by atoms with van der Waals surface area (Å²) >= 11 is 0. The van der Waals surface area contributed by atoms with Crippen LogP contribution in [0.1, 0.15) is 19.3 Å². The second-order valence-electron chi connectivity index (χ2n) is 6.42. The maximum absolute atomic E-state index is 12.4. The first kappa shape index (κ1) is 15.7. The van der Waals surface area contributed by atoms with Gasteiger partial charge in [-0.15, -0.1) is 0 Å². The van der Waals surface area contributed by atoms with Gasteiger partial charge in [0.05, 0.1) is 11.1 Å². The summed E-state index contributed by atoms with van der Waals surface area (Å²) in [6.45, 7) is 3.27. The van der Waals surface area contributed by atoms with Crippen molar-refractivity contribution >= 4 is 11.6 Å². The van der Waals surface area contributed by atoms with Crippen molar-refractivity contribution in [3.05, 3.63) is 38.8 Å². The molecule has 0 aliphatic carbocycles. The van der Waals surface area contributed by atoms with Crippen LogP contribution in [0.2, 0.25) is 0 Å². The lowest BCUT2D eigenvalue weighted by Gasteiger charge is -2.38. The first-order valence-electron chi connectivity index (χ1n) is 7.83. The minimum Gasteiger partial charge on any atom is -0.341 e.